The molecular formula is C46H83O12P. The second kappa shape index (κ2) is 36.9. The smallest absolute Gasteiger partial charge is 0.457 e. The fourth-order valence-electron chi connectivity index (χ4n) is 6.83. The summed E-state index contributed by atoms with van der Waals surface area (Å²) in [6.07, 6.45) is 32.0. The Bertz CT molecular complexity index is 1160. The van der Waals surface area contributed by atoms with Gasteiger partial charge in [0.2, 0.25) is 0 Å². The third-order valence-corrected chi connectivity index (χ3v) is 11.5. The number of ether oxygens (including phenoxy) is 2. The molecule has 6 N–H and O–H groups in total. The first-order valence-electron chi connectivity index (χ1n) is 23.0. The normalized spacial score (nSPS) is 22.9. The van der Waals surface area contributed by atoms with E-state index in [1.807, 2.05) is 0 Å². The van der Waals surface area contributed by atoms with E-state index in [9.17, 15) is 39.8 Å². The molecule has 0 aromatic heterocycles. The molecule has 0 aromatic carbocycles. The summed E-state index contributed by atoms with van der Waals surface area (Å²) in [6, 6.07) is 0. The van der Waals surface area contributed by atoms with Crippen LogP contribution in [0, 0.1) is 0 Å². The summed E-state index contributed by atoms with van der Waals surface area (Å²) in [5.41, 5.74) is 0. The molecule has 1 fully saturated rings. The van der Waals surface area contributed by atoms with Gasteiger partial charge in [-0.15, -0.1) is 0 Å². The minimum absolute atomic E-state index is 0.114. The molecule has 0 aromatic rings. The second-order valence-corrected chi connectivity index (χ2v) is 17.3. The zero-order valence-corrected chi connectivity index (χ0v) is 37.4. The highest BCUT2D eigenvalue weighted by atomic mass is 31.2. The van der Waals surface area contributed by atoms with E-state index in [0.717, 1.165) is 51.4 Å². The van der Waals surface area contributed by atoms with Gasteiger partial charge in [0.25, 0.3) is 0 Å². The fraction of sp³-hybridized carbons (Fsp3) is 0.804. The molecule has 6 atom stereocenters. The van der Waals surface area contributed by atoms with Gasteiger partial charge in [-0.25, -0.2) is 4.57 Å². The Morgan fingerprint density at radius 2 is 0.983 bits per heavy atom. The van der Waals surface area contributed by atoms with Crippen molar-refractivity contribution in [3.63, 3.8) is 0 Å². The zero-order chi connectivity index (χ0) is 43.4. The van der Waals surface area contributed by atoms with E-state index in [1.54, 1.807) is 0 Å². The number of phosphoric acid groups is 1. The average molecular weight is 859 g/mol. The van der Waals surface area contributed by atoms with E-state index in [1.165, 1.54) is 89.9 Å². The molecule has 344 valence electrons. The van der Waals surface area contributed by atoms with E-state index in [0.29, 0.717) is 19.4 Å². The molecule has 1 aliphatic carbocycles. The average Bonchev–Trinajstić information content (AvgIpc) is 3.22. The molecule has 0 amide bonds. The number of aliphatic hydroxyl groups excluding tert-OH is 5. The van der Waals surface area contributed by atoms with Crippen molar-refractivity contribution in [1.82, 2.24) is 0 Å². The van der Waals surface area contributed by atoms with Crippen LogP contribution in [-0.2, 0) is 27.9 Å². The summed E-state index contributed by atoms with van der Waals surface area (Å²) in [5.74, 6) is -0.495. The summed E-state index contributed by atoms with van der Waals surface area (Å²) < 4.78 is 34.1. The highest BCUT2D eigenvalue weighted by Gasteiger charge is 2.51. The molecule has 0 spiro atoms. The Balaban J connectivity index is 2.42. The van der Waals surface area contributed by atoms with Crippen molar-refractivity contribution >= 4 is 13.8 Å². The Hall–Kier alpha value is -1.70. The molecular weight excluding hydrogens is 775 g/mol. The first kappa shape index (κ1) is 55.3. The van der Waals surface area contributed by atoms with E-state index < -0.39 is 63.1 Å². The minimum atomic E-state index is -5.03. The maximum absolute atomic E-state index is 12.8. The van der Waals surface area contributed by atoms with Gasteiger partial charge in [0.05, 0.1) is 13.2 Å². The van der Waals surface area contributed by atoms with E-state index in [2.05, 4.69) is 62.5 Å². The first-order chi connectivity index (χ1) is 28.5. The predicted octanol–water partition coefficient (Wildman–Crippen LogP) is 9.25. The Morgan fingerprint density at radius 1 is 0.559 bits per heavy atom. The van der Waals surface area contributed by atoms with Gasteiger partial charge in [0, 0.05) is 13.0 Å². The second-order valence-electron chi connectivity index (χ2n) is 15.9. The molecule has 1 saturated carbocycles. The highest BCUT2D eigenvalue weighted by molar-refractivity contribution is 7.47. The zero-order valence-electron chi connectivity index (χ0n) is 36.5. The summed E-state index contributed by atoms with van der Waals surface area (Å²) in [6.45, 7) is 4.01. The fourth-order valence-corrected chi connectivity index (χ4v) is 7.80. The van der Waals surface area contributed by atoms with E-state index >= 15 is 0 Å². The van der Waals surface area contributed by atoms with Gasteiger partial charge in [-0.3, -0.25) is 13.8 Å². The van der Waals surface area contributed by atoms with Gasteiger partial charge in [0.15, 0.2) is 0 Å². The van der Waals surface area contributed by atoms with Crippen molar-refractivity contribution in [3.05, 3.63) is 48.6 Å². The quantitative estimate of drug-likeness (QED) is 0.0150. The molecule has 0 bridgehead atoms. The number of carbonyl (C=O) groups excluding carboxylic acids is 1. The summed E-state index contributed by atoms with van der Waals surface area (Å²) in [5, 5.41) is 50.1. The monoisotopic (exact) mass is 859 g/mol. The lowest BCUT2D eigenvalue weighted by Crippen LogP contribution is -2.64. The number of carbonyl (C=O) groups is 1. The number of phosphoric ester groups is 1. The maximum Gasteiger partial charge on any atom is 0.472 e. The summed E-state index contributed by atoms with van der Waals surface area (Å²) >= 11 is 0. The molecule has 0 radical (unpaired) electrons. The van der Waals surface area contributed by atoms with E-state index in [-0.39, 0.29) is 13.0 Å². The highest BCUT2D eigenvalue weighted by Crippen LogP contribution is 2.47. The van der Waals surface area contributed by atoms with Crippen LogP contribution in [0.2, 0.25) is 0 Å². The SMILES string of the molecule is CC/C=C\C/C=C\C/C=C\C/C=C\CCCOCC(COP(=O)(O)OC1C(O)C(O)C(O)C(O)C1O)OC(=O)CCCCCCCCCCCCCCCCCCCC. The predicted molar refractivity (Wildman–Crippen MR) is 235 cm³/mol. The molecule has 0 saturated heterocycles. The number of allylic oxidation sites excluding steroid dienone is 8. The lowest BCUT2D eigenvalue weighted by molar-refractivity contribution is -0.220. The Labute approximate surface area is 356 Å². The molecule has 0 aliphatic heterocycles. The largest absolute Gasteiger partial charge is 0.472 e. The van der Waals surface area contributed by atoms with Crippen molar-refractivity contribution in [1.29, 1.82) is 0 Å². The van der Waals surface area contributed by atoms with Gasteiger partial charge < -0.3 is 39.9 Å². The van der Waals surface area contributed by atoms with Gasteiger partial charge >= 0.3 is 13.8 Å². The van der Waals surface area contributed by atoms with Gasteiger partial charge in [-0.05, 0) is 44.9 Å². The Kier molecular flexibility index (Phi) is 34.6. The molecule has 59 heavy (non-hydrogen) atoms. The number of hydrogen-bond donors (Lipinski definition) is 6. The molecule has 1 rings (SSSR count). The van der Waals surface area contributed by atoms with Crippen LogP contribution in [0.25, 0.3) is 0 Å². The van der Waals surface area contributed by atoms with Crippen LogP contribution >= 0.6 is 7.82 Å². The third kappa shape index (κ3) is 29.3. The van der Waals surface area contributed by atoms with Crippen LogP contribution < -0.4 is 0 Å². The molecule has 0 heterocycles. The van der Waals surface area contributed by atoms with Crippen LogP contribution in [0.4, 0.5) is 0 Å². The number of aliphatic hydroxyl groups is 5. The van der Waals surface area contributed by atoms with Crippen molar-refractivity contribution in [2.24, 2.45) is 0 Å². The van der Waals surface area contributed by atoms with Gasteiger partial charge in [-0.1, -0.05) is 172 Å². The van der Waals surface area contributed by atoms with Crippen molar-refractivity contribution in [3.8, 4) is 0 Å². The number of esters is 1. The lowest BCUT2D eigenvalue weighted by atomic mass is 9.85. The maximum atomic E-state index is 12.8. The topological polar surface area (TPSA) is 192 Å². The number of rotatable bonds is 38. The summed E-state index contributed by atoms with van der Waals surface area (Å²) in [4.78, 5) is 23.1. The molecule has 13 heteroatoms. The van der Waals surface area contributed by atoms with Crippen LogP contribution in [0.5, 0.6) is 0 Å². The third-order valence-electron chi connectivity index (χ3n) is 10.5. The first-order valence-corrected chi connectivity index (χ1v) is 24.5. The van der Waals surface area contributed by atoms with Gasteiger partial charge in [-0.2, -0.15) is 0 Å². The number of unbranched alkanes of at least 4 members (excludes halogenated alkanes) is 18. The molecule has 6 unspecified atom stereocenters. The van der Waals surface area contributed by atoms with Crippen molar-refractivity contribution in [2.75, 3.05) is 19.8 Å². The van der Waals surface area contributed by atoms with Crippen LogP contribution in [0.3, 0.4) is 0 Å². The minimum Gasteiger partial charge on any atom is -0.457 e. The Morgan fingerprint density at radius 3 is 1.46 bits per heavy atom. The van der Waals surface area contributed by atoms with Crippen molar-refractivity contribution in [2.45, 2.75) is 217 Å². The molecule has 1 aliphatic rings. The standard InChI is InChI=1S/C46H83O12P/c1-3-5-7-9-11-13-15-17-19-20-21-22-23-25-27-29-31-33-35-40(47)57-39(37-55-36-34-32-30-28-26-24-18-16-14-12-10-8-6-4-2)38-56-59(53,54)58-46-44(51)42(49)41(48)43(50)45(46)52/h6,8,12,14,18,24,28,30,39,41-46,48-52H,3-5,7,9-11,13,15-17,19-23,25-27,29,31-38H2,1-2H3,(H,53,54)/b8-6-,14-12-,24-18-,30-28-. The van der Waals surface area contributed by atoms with Crippen LogP contribution in [0.15, 0.2) is 48.6 Å². The van der Waals surface area contributed by atoms with Crippen molar-refractivity contribution < 1.29 is 58.3 Å². The lowest BCUT2D eigenvalue weighted by Gasteiger charge is -2.41. The van der Waals surface area contributed by atoms with Crippen LogP contribution in [0.1, 0.15) is 174 Å². The summed E-state index contributed by atoms with van der Waals surface area (Å²) in [7, 11) is -5.03. The molecule has 12 nitrogen and oxygen atoms in total. The van der Waals surface area contributed by atoms with Gasteiger partial charge in [0.1, 0.15) is 42.7 Å². The van der Waals surface area contributed by atoms with E-state index in [4.69, 9.17) is 18.5 Å². The number of hydrogen-bond acceptors (Lipinski definition) is 11. The van der Waals surface area contributed by atoms with Crippen LogP contribution in [-0.4, -0.2) is 98.9 Å².